The van der Waals surface area contributed by atoms with Crippen LogP contribution in [0.5, 0.6) is 5.75 Å². The summed E-state index contributed by atoms with van der Waals surface area (Å²) in [6.07, 6.45) is 1.91. The van der Waals surface area contributed by atoms with Gasteiger partial charge in [0.15, 0.2) is 0 Å². The highest BCUT2D eigenvalue weighted by molar-refractivity contribution is 5.77. The molecule has 0 saturated carbocycles. The summed E-state index contributed by atoms with van der Waals surface area (Å²) in [5, 5.41) is 2.85. The van der Waals surface area contributed by atoms with Crippen molar-refractivity contribution in [2.45, 2.75) is 45.6 Å². The minimum absolute atomic E-state index is 0.0656. The molecule has 1 rings (SSSR count). The van der Waals surface area contributed by atoms with Crippen LogP contribution in [-0.2, 0) is 14.3 Å². The number of benzene rings is 1. The number of aryl methyl sites for hydroxylation is 1. The summed E-state index contributed by atoms with van der Waals surface area (Å²) >= 11 is 0. The first kappa shape index (κ1) is 18.0. The molecule has 0 aromatic heterocycles. The number of amides is 1. The topological polar surface area (TPSA) is 64.6 Å². The number of carbonyl (C=O) groups is 2. The molecular formula is C17H25NO4. The number of methoxy groups -OCH3 is 1. The van der Waals surface area contributed by atoms with Crippen LogP contribution in [0.2, 0.25) is 0 Å². The Morgan fingerprint density at radius 3 is 2.64 bits per heavy atom. The molecule has 1 amide bonds. The Hall–Kier alpha value is -2.04. The SMILES string of the molecule is CCC(CC(=O)OC)NC(=O)CCCOc1ccccc1C. The average Bonchev–Trinajstić information content (AvgIpc) is 2.52. The predicted molar refractivity (Wildman–Crippen MR) is 84.8 cm³/mol. The fourth-order valence-corrected chi connectivity index (χ4v) is 2.02. The number of ether oxygens (including phenoxy) is 2. The van der Waals surface area contributed by atoms with E-state index in [1.807, 2.05) is 38.1 Å². The van der Waals surface area contributed by atoms with E-state index in [2.05, 4.69) is 10.1 Å². The summed E-state index contributed by atoms with van der Waals surface area (Å²) in [5.74, 6) is 0.471. The molecule has 1 aromatic rings. The molecule has 1 N–H and O–H groups in total. The molecule has 0 heterocycles. The molecule has 22 heavy (non-hydrogen) atoms. The molecule has 0 spiro atoms. The maximum atomic E-state index is 11.8. The molecular weight excluding hydrogens is 282 g/mol. The van der Waals surface area contributed by atoms with Crippen molar-refractivity contribution in [1.29, 1.82) is 0 Å². The summed E-state index contributed by atoms with van der Waals surface area (Å²) in [7, 11) is 1.35. The predicted octanol–water partition coefficient (Wildman–Crippen LogP) is 2.61. The fraction of sp³-hybridized carbons (Fsp3) is 0.529. The summed E-state index contributed by atoms with van der Waals surface area (Å²) in [6.45, 7) is 4.40. The van der Waals surface area contributed by atoms with E-state index in [0.717, 1.165) is 11.3 Å². The van der Waals surface area contributed by atoms with E-state index in [9.17, 15) is 9.59 Å². The molecule has 0 aliphatic heterocycles. The van der Waals surface area contributed by atoms with Gasteiger partial charge in [-0.05, 0) is 31.4 Å². The summed E-state index contributed by atoms with van der Waals surface area (Å²) in [5.41, 5.74) is 1.08. The van der Waals surface area contributed by atoms with Gasteiger partial charge in [0.1, 0.15) is 5.75 Å². The van der Waals surface area contributed by atoms with Gasteiger partial charge in [-0.3, -0.25) is 9.59 Å². The fourth-order valence-electron chi connectivity index (χ4n) is 2.02. The number of hydrogen-bond donors (Lipinski definition) is 1. The number of para-hydroxylation sites is 1. The van der Waals surface area contributed by atoms with Gasteiger partial charge in [-0.1, -0.05) is 25.1 Å². The van der Waals surface area contributed by atoms with E-state index in [1.165, 1.54) is 7.11 Å². The first-order valence-corrected chi connectivity index (χ1v) is 7.61. The van der Waals surface area contributed by atoms with Crippen LogP contribution in [0.25, 0.3) is 0 Å². The second kappa shape index (κ2) is 9.82. The van der Waals surface area contributed by atoms with Crippen molar-refractivity contribution in [3.63, 3.8) is 0 Å². The van der Waals surface area contributed by atoms with Crippen LogP contribution in [0.3, 0.4) is 0 Å². The van der Waals surface area contributed by atoms with Crippen LogP contribution in [0.4, 0.5) is 0 Å². The number of rotatable bonds is 9. The largest absolute Gasteiger partial charge is 0.493 e. The van der Waals surface area contributed by atoms with E-state index in [0.29, 0.717) is 25.9 Å². The number of carbonyl (C=O) groups excluding carboxylic acids is 2. The van der Waals surface area contributed by atoms with E-state index in [1.54, 1.807) is 0 Å². The third kappa shape index (κ3) is 6.61. The molecule has 5 heteroatoms. The van der Waals surface area contributed by atoms with E-state index < -0.39 is 0 Å². The van der Waals surface area contributed by atoms with Crippen LogP contribution in [0, 0.1) is 6.92 Å². The zero-order valence-corrected chi connectivity index (χ0v) is 13.6. The highest BCUT2D eigenvalue weighted by Crippen LogP contribution is 2.16. The maximum Gasteiger partial charge on any atom is 0.307 e. The minimum atomic E-state index is -0.310. The molecule has 0 bridgehead atoms. The quantitative estimate of drug-likeness (QED) is 0.562. The standard InChI is InChI=1S/C17H25NO4/c1-4-14(12-17(20)21-3)18-16(19)10-7-11-22-15-9-6-5-8-13(15)2/h5-6,8-9,14H,4,7,10-12H2,1-3H3,(H,18,19). The number of nitrogens with one attached hydrogen (secondary N) is 1. The van der Waals surface area contributed by atoms with Crippen molar-refractivity contribution in [1.82, 2.24) is 5.32 Å². The van der Waals surface area contributed by atoms with E-state index >= 15 is 0 Å². The van der Waals surface area contributed by atoms with Gasteiger partial charge in [0.25, 0.3) is 0 Å². The van der Waals surface area contributed by atoms with Gasteiger partial charge < -0.3 is 14.8 Å². The number of esters is 1. The Morgan fingerprint density at radius 1 is 1.27 bits per heavy atom. The van der Waals surface area contributed by atoms with Gasteiger partial charge in [-0.2, -0.15) is 0 Å². The lowest BCUT2D eigenvalue weighted by molar-refractivity contribution is -0.141. The van der Waals surface area contributed by atoms with Gasteiger partial charge in [-0.15, -0.1) is 0 Å². The van der Waals surface area contributed by atoms with Crippen LogP contribution >= 0.6 is 0 Å². The molecule has 122 valence electrons. The van der Waals surface area contributed by atoms with E-state index in [4.69, 9.17) is 4.74 Å². The Bertz CT molecular complexity index is 487. The third-order valence-corrected chi connectivity index (χ3v) is 3.40. The Kier molecular flexibility index (Phi) is 8.04. The lowest BCUT2D eigenvalue weighted by atomic mass is 10.1. The Morgan fingerprint density at radius 2 is 2.00 bits per heavy atom. The van der Waals surface area contributed by atoms with Gasteiger partial charge in [0.2, 0.25) is 5.91 Å². The maximum absolute atomic E-state index is 11.8. The van der Waals surface area contributed by atoms with Gasteiger partial charge in [0, 0.05) is 12.5 Å². The second-order valence-electron chi connectivity index (χ2n) is 5.17. The van der Waals surface area contributed by atoms with Gasteiger partial charge >= 0.3 is 5.97 Å². The Balaban J connectivity index is 2.25. The Labute approximate surface area is 132 Å². The highest BCUT2D eigenvalue weighted by atomic mass is 16.5. The van der Waals surface area contributed by atoms with E-state index in [-0.39, 0.29) is 24.3 Å². The number of hydrogen-bond acceptors (Lipinski definition) is 4. The smallest absolute Gasteiger partial charge is 0.307 e. The van der Waals surface area contributed by atoms with Crippen molar-refractivity contribution in [2.24, 2.45) is 0 Å². The van der Waals surface area contributed by atoms with Gasteiger partial charge in [-0.25, -0.2) is 0 Å². The monoisotopic (exact) mass is 307 g/mol. The highest BCUT2D eigenvalue weighted by Gasteiger charge is 2.14. The summed E-state index contributed by atoms with van der Waals surface area (Å²) in [4.78, 5) is 23.1. The molecule has 0 radical (unpaired) electrons. The first-order valence-electron chi connectivity index (χ1n) is 7.61. The van der Waals surface area contributed by atoms with Crippen LogP contribution < -0.4 is 10.1 Å². The summed E-state index contributed by atoms with van der Waals surface area (Å²) < 4.78 is 10.3. The molecule has 1 unspecified atom stereocenters. The average molecular weight is 307 g/mol. The van der Waals surface area contributed by atoms with Crippen LogP contribution in [0.15, 0.2) is 24.3 Å². The van der Waals surface area contributed by atoms with Crippen LogP contribution in [-0.4, -0.2) is 31.6 Å². The normalized spacial score (nSPS) is 11.6. The van der Waals surface area contributed by atoms with Crippen molar-refractivity contribution < 1.29 is 19.1 Å². The lowest BCUT2D eigenvalue weighted by Crippen LogP contribution is -2.36. The molecule has 0 saturated heterocycles. The molecule has 0 aliphatic rings. The molecule has 0 fully saturated rings. The minimum Gasteiger partial charge on any atom is -0.493 e. The van der Waals surface area contributed by atoms with Gasteiger partial charge in [0.05, 0.1) is 20.1 Å². The molecule has 1 atom stereocenters. The van der Waals surface area contributed by atoms with Crippen LogP contribution in [0.1, 0.15) is 38.2 Å². The lowest BCUT2D eigenvalue weighted by Gasteiger charge is -2.15. The second-order valence-corrected chi connectivity index (χ2v) is 5.17. The molecule has 5 nitrogen and oxygen atoms in total. The molecule has 0 aliphatic carbocycles. The molecule has 1 aromatic carbocycles. The van der Waals surface area contributed by atoms with Crippen molar-refractivity contribution >= 4 is 11.9 Å². The summed E-state index contributed by atoms with van der Waals surface area (Å²) in [6, 6.07) is 7.62. The van der Waals surface area contributed by atoms with Crippen molar-refractivity contribution in [3.05, 3.63) is 29.8 Å². The zero-order chi connectivity index (χ0) is 16.4. The van der Waals surface area contributed by atoms with Crippen molar-refractivity contribution in [3.8, 4) is 5.75 Å². The first-order chi connectivity index (χ1) is 10.6. The van der Waals surface area contributed by atoms with Crippen molar-refractivity contribution in [2.75, 3.05) is 13.7 Å². The third-order valence-electron chi connectivity index (χ3n) is 3.40. The zero-order valence-electron chi connectivity index (χ0n) is 13.6.